The minimum absolute atomic E-state index is 0.249. The molecule has 0 unspecified atom stereocenters. The van der Waals surface area contributed by atoms with E-state index in [2.05, 4.69) is 4.98 Å². The highest BCUT2D eigenvalue weighted by Crippen LogP contribution is 2.36. The van der Waals surface area contributed by atoms with Gasteiger partial charge in [0, 0.05) is 17.4 Å². The fourth-order valence-corrected chi connectivity index (χ4v) is 3.92. The number of aliphatic hydroxyl groups is 1. The minimum Gasteiger partial charge on any atom is -0.493 e. The van der Waals surface area contributed by atoms with Crippen molar-refractivity contribution in [1.29, 1.82) is 0 Å². The molecule has 30 heavy (non-hydrogen) atoms. The Bertz CT molecular complexity index is 1070. The Morgan fingerprint density at radius 2 is 2.00 bits per heavy atom. The maximum Gasteiger partial charge on any atom is 0.270 e. The number of halogens is 1. The maximum atomic E-state index is 13.5. The SMILES string of the molecule is COc1ccc([C@H]2[C@H](CO)OCCN2C(=O)c2cc3cc(F)ccc3[nH]2)cc1OC. The monoisotopic (exact) mass is 414 g/mol. The molecule has 0 spiro atoms. The van der Waals surface area contributed by atoms with Crippen LogP contribution in [0.1, 0.15) is 22.1 Å². The van der Waals surface area contributed by atoms with Crippen LogP contribution >= 0.6 is 0 Å². The number of amides is 1. The molecule has 1 aromatic heterocycles. The summed E-state index contributed by atoms with van der Waals surface area (Å²) in [5.41, 5.74) is 1.77. The van der Waals surface area contributed by atoms with Crippen LogP contribution in [0.4, 0.5) is 4.39 Å². The molecule has 0 aliphatic carbocycles. The number of methoxy groups -OCH3 is 2. The van der Waals surface area contributed by atoms with E-state index in [4.69, 9.17) is 14.2 Å². The zero-order valence-corrected chi connectivity index (χ0v) is 16.7. The Morgan fingerprint density at radius 3 is 2.73 bits per heavy atom. The van der Waals surface area contributed by atoms with Crippen molar-refractivity contribution in [3.05, 3.63) is 59.5 Å². The van der Waals surface area contributed by atoms with E-state index in [1.165, 1.54) is 19.2 Å². The van der Waals surface area contributed by atoms with Gasteiger partial charge in [0.15, 0.2) is 11.5 Å². The summed E-state index contributed by atoms with van der Waals surface area (Å²) in [6.45, 7) is 0.397. The van der Waals surface area contributed by atoms with Crippen molar-refractivity contribution in [2.24, 2.45) is 0 Å². The van der Waals surface area contributed by atoms with Gasteiger partial charge in [-0.1, -0.05) is 6.07 Å². The van der Waals surface area contributed by atoms with E-state index in [1.807, 2.05) is 6.07 Å². The number of ether oxygens (including phenoxy) is 3. The van der Waals surface area contributed by atoms with Crippen molar-refractivity contribution in [3.8, 4) is 11.5 Å². The van der Waals surface area contributed by atoms with E-state index >= 15 is 0 Å². The highest BCUT2D eigenvalue weighted by Gasteiger charge is 2.37. The molecule has 7 nitrogen and oxygen atoms in total. The third-order valence-electron chi connectivity index (χ3n) is 5.36. The van der Waals surface area contributed by atoms with Gasteiger partial charge >= 0.3 is 0 Å². The number of H-pyrrole nitrogens is 1. The lowest BCUT2D eigenvalue weighted by Gasteiger charge is -2.40. The van der Waals surface area contributed by atoms with Gasteiger partial charge in [-0.25, -0.2) is 4.39 Å². The van der Waals surface area contributed by atoms with E-state index in [0.29, 0.717) is 41.2 Å². The predicted molar refractivity (Wildman–Crippen MR) is 108 cm³/mol. The molecule has 1 fully saturated rings. The molecule has 1 aliphatic heterocycles. The summed E-state index contributed by atoms with van der Waals surface area (Å²) in [7, 11) is 3.08. The Balaban J connectivity index is 1.73. The zero-order valence-electron chi connectivity index (χ0n) is 16.7. The Hall–Kier alpha value is -3.10. The van der Waals surface area contributed by atoms with Gasteiger partial charge in [-0.15, -0.1) is 0 Å². The fraction of sp³-hybridized carbons (Fsp3) is 0.318. The molecule has 2 aromatic carbocycles. The van der Waals surface area contributed by atoms with Crippen molar-refractivity contribution >= 4 is 16.8 Å². The number of aromatic amines is 1. The van der Waals surface area contributed by atoms with E-state index in [9.17, 15) is 14.3 Å². The predicted octanol–water partition coefficient (Wildman–Crippen LogP) is 2.90. The van der Waals surface area contributed by atoms with Crippen LogP contribution in [0.2, 0.25) is 0 Å². The van der Waals surface area contributed by atoms with Crippen molar-refractivity contribution in [2.45, 2.75) is 12.1 Å². The number of rotatable bonds is 5. The lowest BCUT2D eigenvalue weighted by Crippen LogP contribution is -2.49. The Kier molecular flexibility index (Phi) is 5.61. The number of nitrogens with zero attached hydrogens (tertiary/aromatic N) is 1. The lowest BCUT2D eigenvalue weighted by molar-refractivity contribution is -0.0812. The minimum atomic E-state index is -0.595. The van der Waals surface area contributed by atoms with Gasteiger partial charge in [-0.2, -0.15) is 0 Å². The van der Waals surface area contributed by atoms with Gasteiger partial charge < -0.3 is 29.2 Å². The molecular weight excluding hydrogens is 391 g/mol. The van der Waals surface area contributed by atoms with Crippen molar-refractivity contribution in [2.75, 3.05) is 34.0 Å². The van der Waals surface area contributed by atoms with Crippen LogP contribution in [0.15, 0.2) is 42.5 Å². The standard InChI is InChI=1S/C22H23FN2O5/c1-28-18-6-3-13(11-19(18)29-2)21-20(12-26)30-8-7-25(21)22(27)17-10-14-9-15(23)4-5-16(14)24-17/h3-6,9-11,20-21,24,26H,7-8,12H2,1-2H3/t20-,21-/m0/s1. The summed E-state index contributed by atoms with van der Waals surface area (Å²) < 4.78 is 30.0. The lowest BCUT2D eigenvalue weighted by atomic mass is 9.97. The summed E-state index contributed by atoms with van der Waals surface area (Å²) in [5.74, 6) is 0.461. The fourth-order valence-electron chi connectivity index (χ4n) is 3.92. The second kappa shape index (κ2) is 8.33. The van der Waals surface area contributed by atoms with Crippen LogP contribution < -0.4 is 9.47 Å². The molecular formula is C22H23FN2O5. The summed E-state index contributed by atoms with van der Waals surface area (Å²) in [5, 5.41) is 10.5. The number of benzene rings is 2. The normalized spacial score (nSPS) is 19.1. The quantitative estimate of drug-likeness (QED) is 0.671. The molecule has 4 rings (SSSR count). The molecule has 0 radical (unpaired) electrons. The van der Waals surface area contributed by atoms with Crippen molar-refractivity contribution < 1.29 is 28.5 Å². The first-order chi connectivity index (χ1) is 14.5. The topological polar surface area (TPSA) is 84.0 Å². The number of fused-ring (bicyclic) bond motifs is 1. The maximum absolute atomic E-state index is 13.5. The van der Waals surface area contributed by atoms with Gasteiger partial charge in [0.2, 0.25) is 0 Å². The van der Waals surface area contributed by atoms with Crippen LogP contribution in [0, 0.1) is 5.82 Å². The third-order valence-corrected chi connectivity index (χ3v) is 5.36. The number of carbonyl (C=O) groups excluding carboxylic acids is 1. The largest absolute Gasteiger partial charge is 0.493 e. The van der Waals surface area contributed by atoms with Gasteiger partial charge in [0.05, 0.1) is 33.5 Å². The summed E-state index contributed by atoms with van der Waals surface area (Å²) in [6, 6.07) is 10.8. The highest BCUT2D eigenvalue weighted by molar-refractivity contribution is 5.98. The summed E-state index contributed by atoms with van der Waals surface area (Å²) >= 11 is 0. The molecule has 158 valence electrons. The molecule has 2 atom stereocenters. The van der Waals surface area contributed by atoms with Crippen LogP contribution in [-0.2, 0) is 4.74 Å². The van der Waals surface area contributed by atoms with E-state index in [0.717, 1.165) is 5.56 Å². The van der Waals surface area contributed by atoms with E-state index in [1.54, 1.807) is 36.3 Å². The highest BCUT2D eigenvalue weighted by atomic mass is 19.1. The van der Waals surface area contributed by atoms with Gasteiger partial charge in [-0.3, -0.25) is 4.79 Å². The Labute approximate surface area is 173 Å². The molecule has 1 aliphatic rings. The summed E-state index contributed by atoms with van der Waals surface area (Å²) in [4.78, 5) is 18.1. The Morgan fingerprint density at radius 1 is 1.20 bits per heavy atom. The smallest absolute Gasteiger partial charge is 0.270 e. The number of hydrogen-bond acceptors (Lipinski definition) is 5. The molecule has 2 heterocycles. The van der Waals surface area contributed by atoms with Gasteiger partial charge in [0.1, 0.15) is 17.6 Å². The average Bonchev–Trinajstić information content (AvgIpc) is 3.20. The van der Waals surface area contributed by atoms with Crippen LogP contribution in [0.25, 0.3) is 10.9 Å². The third kappa shape index (κ3) is 3.59. The second-order valence-corrected chi connectivity index (χ2v) is 7.06. The van der Waals surface area contributed by atoms with Crippen molar-refractivity contribution in [1.82, 2.24) is 9.88 Å². The summed E-state index contributed by atoms with van der Waals surface area (Å²) in [6.07, 6.45) is -0.595. The van der Waals surface area contributed by atoms with E-state index in [-0.39, 0.29) is 18.3 Å². The van der Waals surface area contributed by atoms with Crippen LogP contribution in [0.3, 0.4) is 0 Å². The van der Waals surface area contributed by atoms with Crippen molar-refractivity contribution in [3.63, 3.8) is 0 Å². The number of morpholine rings is 1. The molecule has 8 heteroatoms. The number of hydrogen-bond donors (Lipinski definition) is 2. The number of nitrogens with one attached hydrogen (secondary N) is 1. The molecule has 0 saturated carbocycles. The number of aromatic nitrogens is 1. The molecule has 2 N–H and O–H groups in total. The molecule has 1 saturated heterocycles. The first kappa shape index (κ1) is 20.2. The van der Waals surface area contributed by atoms with Gasteiger partial charge in [0.25, 0.3) is 5.91 Å². The molecule has 1 amide bonds. The number of aliphatic hydroxyl groups excluding tert-OH is 1. The van der Waals surface area contributed by atoms with Gasteiger partial charge in [-0.05, 0) is 42.0 Å². The molecule has 3 aromatic rings. The zero-order chi connectivity index (χ0) is 21.3. The van der Waals surface area contributed by atoms with E-state index < -0.39 is 12.1 Å². The first-order valence-corrected chi connectivity index (χ1v) is 9.59. The second-order valence-electron chi connectivity index (χ2n) is 7.06. The number of carbonyl (C=O) groups is 1. The molecule has 0 bridgehead atoms. The van der Waals surface area contributed by atoms with Crippen LogP contribution in [-0.4, -0.2) is 61.0 Å². The van der Waals surface area contributed by atoms with Crippen LogP contribution in [0.5, 0.6) is 11.5 Å². The first-order valence-electron chi connectivity index (χ1n) is 9.59. The average molecular weight is 414 g/mol.